The van der Waals surface area contributed by atoms with Crippen molar-refractivity contribution in [3.05, 3.63) is 114 Å². The van der Waals surface area contributed by atoms with E-state index in [-0.39, 0.29) is 5.91 Å². The van der Waals surface area contributed by atoms with Gasteiger partial charge in [-0.05, 0) is 23.3 Å². The number of amides is 2. The number of benzene rings is 3. The minimum atomic E-state index is -0.922. The average Bonchev–Trinajstić information content (AvgIpc) is 2.79. The Hall–Kier alpha value is -3.99. The number of primary amides is 1. The molecular formula is C25H21N3O2. The van der Waals surface area contributed by atoms with Crippen molar-refractivity contribution < 1.29 is 9.59 Å². The SMILES string of the molecule is NC(=O)[C@@H](NC(=O)c1ccnc2ccccc12)C(c1ccccc1)c1ccccc1. The third-order valence-electron chi connectivity index (χ3n) is 5.14. The van der Waals surface area contributed by atoms with Crippen LogP contribution in [0.25, 0.3) is 10.9 Å². The zero-order valence-corrected chi connectivity index (χ0v) is 16.2. The van der Waals surface area contributed by atoms with Crippen LogP contribution in [-0.2, 0) is 4.79 Å². The smallest absolute Gasteiger partial charge is 0.252 e. The molecule has 3 aromatic carbocycles. The monoisotopic (exact) mass is 395 g/mol. The number of fused-ring (bicyclic) bond motifs is 1. The van der Waals surface area contributed by atoms with Gasteiger partial charge < -0.3 is 11.1 Å². The topological polar surface area (TPSA) is 85.1 Å². The van der Waals surface area contributed by atoms with Gasteiger partial charge in [0.25, 0.3) is 5.91 Å². The Morgan fingerprint density at radius 1 is 0.767 bits per heavy atom. The summed E-state index contributed by atoms with van der Waals surface area (Å²) in [6, 6.07) is 27.3. The van der Waals surface area contributed by atoms with Crippen molar-refractivity contribution in [2.24, 2.45) is 5.73 Å². The molecule has 2 amide bonds. The van der Waals surface area contributed by atoms with Gasteiger partial charge in [0.05, 0.1) is 11.1 Å². The molecule has 4 rings (SSSR count). The van der Waals surface area contributed by atoms with Crippen LogP contribution >= 0.6 is 0 Å². The predicted molar refractivity (Wildman–Crippen MR) is 117 cm³/mol. The Kier molecular flexibility index (Phi) is 5.52. The fourth-order valence-corrected chi connectivity index (χ4v) is 3.73. The van der Waals surface area contributed by atoms with Crippen LogP contribution in [0, 0.1) is 0 Å². The first-order chi connectivity index (χ1) is 14.6. The quantitative estimate of drug-likeness (QED) is 0.523. The number of rotatable bonds is 6. The van der Waals surface area contributed by atoms with Crippen LogP contribution in [0.3, 0.4) is 0 Å². The van der Waals surface area contributed by atoms with Gasteiger partial charge in [0, 0.05) is 17.5 Å². The van der Waals surface area contributed by atoms with Crippen molar-refractivity contribution in [1.82, 2.24) is 10.3 Å². The molecule has 4 aromatic rings. The average molecular weight is 395 g/mol. The van der Waals surface area contributed by atoms with Gasteiger partial charge in [-0.2, -0.15) is 0 Å². The highest BCUT2D eigenvalue weighted by atomic mass is 16.2. The summed E-state index contributed by atoms with van der Waals surface area (Å²) in [4.78, 5) is 30.0. The van der Waals surface area contributed by atoms with Crippen LogP contribution in [0.15, 0.2) is 97.2 Å². The van der Waals surface area contributed by atoms with E-state index >= 15 is 0 Å². The Labute approximate surface area is 174 Å². The van der Waals surface area contributed by atoms with Gasteiger partial charge in [-0.3, -0.25) is 14.6 Å². The van der Waals surface area contributed by atoms with Crippen molar-refractivity contribution in [2.45, 2.75) is 12.0 Å². The molecule has 0 radical (unpaired) electrons. The first-order valence-corrected chi connectivity index (χ1v) is 9.69. The van der Waals surface area contributed by atoms with Crippen molar-refractivity contribution in [3.8, 4) is 0 Å². The van der Waals surface area contributed by atoms with E-state index in [4.69, 9.17) is 5.73 Å². The van der Waals surface area contributed by atoms with Crippen molar-refractivity contribution >= 4 is 22.7 Å². The fraction of sp³-hybridized carbons (Fsp3) is 0.0800. The minimum Gasteiger partial charge on any atom is -0.368 e. The maximum absolute atomic E-state index is 13.2. The Morgan fingerprint density at radius 2 is 1.33 bits per heavy atom. The number of nitrogens with one attached hydrogen (secondary N) is 1. The standard InChI is InChI=1S/C25H21N3O2/c26-24(29)23(22(17-9-3-1-4-10-17)18-11-5-2-6-12-18)28-25(30)20-15-16-27-21-14-8-7-13-19(20)21/h1-16,22-23H,(H2,26,29)(H,28,30)/t23-/m0/s1. The summed E-state index contributed by atoms with van der Waals surface area (Å²) in [7, 11) is 0. The molecule has 148 valence electrons. The van der Waals surface area contributed by atoms with Gasteiger partial charge in [0.15, 0.2) is 0 Å². The van der Waals surface area contributed by atoms with E-state index < -0.39 is 17.9 Å². The van der Waals surface area contributed by atoms with Gasteiger partial charge in [-0.15, -0.1) is 0 Å². The summed E-state index contributed by atoms with van der Waals surface area (Å²) in [5.74, 6) is -1.38. The highest BCUT2D eigenvalue weighted by Crippen LogP contribution is 2.28. The second-order valence-electron chi connectivity index (χ2n) is 7.03. The van der Waals surface area contributed by atoms with E-state index in [2.05, 4.69) is 10.3 Å². The van der Waals surface area contributed by atoms with Gasteiger partial charge in [-0.1, -0.05) is 78.9 Å². The van der Waals surface area contributed by atoms with E-state index in [0.717, 1.165) is 16.5 Å². The zero-order chi connectivity index (χ0) is 20.9. The molecule has 1 atom stereocenters. The summed E-state index contributed by atoms with van der Waals surface area (Å²) >= 11 is 0. The third-order valence-corrected chi connectivity index (χ3v) is 5.14. The van der Waals surface area contributed by atoms with Crippen LogP contribution in [0.1, 0.15) is 27.4 Å². The molecule has 3 N–H and O–H groups in total. The molecular weight excluding hydrogens is 374 g/mol. The number of para-hydroxylation sites is 1. The second kappa shape index (κ2) is 8.57. The van der Waals surface area contributed by atoms with Crippen molar-refractivity contribution in [1.29, 1.82) is 0 Å². The van der Waals surface area contributed by atoms with E-state index in [1.54, 1.807) is 12.3 Å². The number of nitrogens with two attached hydrogens (primary N) is 1. The first kappa shape index (κ1) is 19.3. The van der Waals surface area contributed by atoms with Gasteiger partial charge in [-0.25, -0.2) is 0 Å². The molecule has 0 aliphatic rings. The molecule has 0 fully saturated rings. The van der Waals surface area contributed by atoms with E-state index in [1.807, 2.05) is 84.9 Å². The number of pyridine rings is 1. The molecule has 1 aromatic heterocycles. The lowest BCUT2D eigenvalue weighted by Gasteiger charge is -2.27. The summed E-state index contributed by atoms with van der Waals surface area (Å²) in [6.45, 7) is 0. The van der Waals surface area contributed by atoms with E-state index in [1.165, 1.54) is 0 Å². The minimum absolute atomic E-state index is 0.366. The predicted octanol–water partition coefficient (Wildman–Crippen LogP) is 3.65. The molecule has 0 aliphatic heterocycles. The lowest BCUT2D eigenvalue weighted by molar-refractivity contribution is -0.120. The molecule has 0 saturated heterocycles. The molecule has 1 heterocycles. The lowest BCUT2D eigenvalue weighted by atomic mass is 9.84. The van der Waals surface area contributed by atoms with Crippen molar-refractivity contribution in [2.75, 3.05) is 0 Å². The number of aromatic nitrogens is 1. The van der Waals surface area contributed by atoms with Crippen LogP contribution in [0.2, 0.25) is 0 Å². The van der Waals surface area contributed by atoms with Gasteiger partial charge >= 0.3 is 0 Å². The molecule has 5 nitrogen and oxygen atoms in total. The Bertz CT molecular complexity index is 1130. The van der Waals surface area contributed by atoms with E-state index in [9.17, 15) is 9.59 Å². The number of carbonyl (C=O) groups excluding carboxylic acids is 2. The molecule has 0 spiro atoms. The summed E-state index contributed by atoms with van der Waals surface area (Å²) in [5, 5.41) is 3.60. The Balaban J connectivity index is 1.75. The zero-order valence-electron chi connectivity index (χ0n) is 16.2. The van der Waals surface area contributed by atoms with Gasteiger partial charge in [0.1, 0.15) is 6.04 Å². The van der Waals surface area contributed by atoms with Crippen molar-refractivity contribution in [3.63, 3.8) is 0 Å². The molecule has 5 heteroatoms. The highest BCUT2D eigenvalue weighted by molar-refractivity contribution is 6.07. The summed E-state index contributed by atoms with van der Waals surface area (Å²) in [5.41, 5.74) is 8.74. The number of nitrogens with zero attached hydrogens (tertiary/aromatic N) is 1. The van der Waals surface area contributed by atoms with Crippen LogP contribution in [-0.4, -0.2) is 22.8 Å². The first-order valence-electron chi connectivity index (χ1n) is 9.69. The molecule has 0 saturated carbocycles. The summed E-state index contributed by atoms with van der Waals surface area (Å²) in [6.07, 6.45) is 1.59. The largest absolute Gasteiger partial charge is 0.368 e. The summed E-state index contributed by atoms with van der Waals surface area (Å²) < 4.78 is 0. The van der Waals surface area contributed by atoms with E-state index in [0.29, 0.717) is 11.1 Å². The molecule has 0 unspecified atom stereocenters. The molecule has 0 bridgehead atoms. The molecule has 0 aliphatic carbocycles. The lowest BCUT2D eigenvalue weighted by Crippen LogP contribution is -2.48. The van der Waals surface area contributed by atoms with Gasteiger partial charge in [0.2, 0.25) is 5.91 Å². The van der Waals surface area contributed by atoms with Crippen LogP contribution < -0.4 is 11.1 Å². The fourth-order valence-electron chi connectivity index (χ4n) is 3.73. The second-order valence-corrected chi connectivity index (χ2v) is 7.03. The maximum atomic E-state index is 13.2. The van der Waals surface area contributed by atoms with Crippen LogP contribution in [0.4, 0.5) is 0 Å². The number of hydrogen-bond donors (Lipinski definition) is 2. The normalized spacial score (nSPS) is 11.9. The Morgan fingerprint density at radius 3 is 1.93 bits per heavy atom. The molecule has 30 heavy (non-hydrogen) atoms. The third kappa shape index (κ3) is 3.91. The highest BCUT2D eigenvalue weighted by Gasteiger charge is 2.31. The number of hydrogen-bond acceptors (Lipinski definition) is 3. The number of carbonyl (C=O) groups is 2. The van der Waals surface area contributed by atoms with Crippen LogP contribution in [0.5, 0.6) is 0 Å². The maximum Gasteiger partial charge on any atom is 0.252 e.